The highest BCUT2D eigenvalue weighted by molar-refractivity contribution is 7.47. The number of nitrogens with one attached hydrogen (secondary N) is 1. The van der Waals surface area contributed by atoms with Crippen LogP contribution in [0.1, 0.15) is 316 Å². The van der Waals surface area contributed by atoms with Gasteiger partial charge in [-0.15, -0.1) is 0 Å². The summed E-state index contributed by atoms with van der Waals surface area (Å²) in [5.74, 6) is -0.494. The minimum Gasteiger partial charge on any atom is -0.463 e. The Balaban J connectivity index is 3.47. The van der Waals surface area contributed by atoms with Crippen molar-refractivity contribution in [3.63, 3.8) is 0 Å². The van der Waals surface area contributed by atoms with Gasteiger partial charge in [-0.2, -0.15) is 0 Å². The smallest absolute Gasteiger partial charge is 0.463 e. The third kappa shape index (κ3) is 54.0. The quantitative estimate of drug-likeness (QED) is 0.0312. The summed E-state index contributed by atoms with van der Waals surface area (Å²) in [5.41, 5.74) is 0. The first-order valence-corrected chi connectivity index (χ1v) is 30.5. The number of carbonyl (C=O) groups excluding carboxylic acids is 2. The number of hydrogen-bond acceptors (Lipinski definition) is 7. The fourth-order valence-electron chi connectivity index (χ4n) is 8.92. The van der Waals surface area contributed by atoms with Crippen LogP contribution >= 0.6 is 7.82 Å². The topological polar surface area (TPSA) is 131 Å². The van der Waals surface area contributed by atoms with Crippen molar-refractivity contribution < 1.29 is 37.9 Å². The predicted octanol–water partition coefficient (Wildman–Crippen LogP) is 17.5. The van der Waals surface area contributed by atoms with E-state index in [4.69, 9.17) is 13.8 Å². The van der Waals surface area contributed by atoms with Crippen molar-refractivity contribution in [2.45, 2.75) is 322 Å². The van der Waals surface area contributed by atoms with Crippen molar-refractivity contribution in [1.29, 1.82) is 0 Å². The summed E-state index contributed by atoms with van der Waals surface area (Å²) in [5, 5.41) is 12.8. The van der Waals surface area contributed by atoms with Crippen molar-refractivity contribution >= 4 is 19.7 Å². The number of aliphatic hydroxyl groups excluding tert-OH is 1. The average molecular weight is 958 g/mol. The lowest BCUT2D eigenvalue weighted by Crippen LogP contribution is -2.27. The monoisotopic (exact) mass is 958 g/mol. The number of phosphoric ester groups is 1. The van der Waals surface area contributed by atoms with Crippen molar-refractivity contribution in [3.8, 4) is 0 Å². The highest BCUT2D eigenvalue weighted by Gasteiger charge is 2.23. The van der Waals surface area contributed by atoms with Gasteiger partial charge in [0, 0.05) is 19.4 Å². The van der Waals surface area contributed by atoms with Crippen LogP contribution in [0, 0.1) is 0 Å². The second-order valence-electron chi connectivity index (χ2n) is 20.0. The summed E-state index contributed by atoms with van der Waals surface area (Å²) < 4.78 is 27.1. The van der Waals surface area contributed by atoms with Gasteiger partial charge in [0.2, 0.25) is 5.91 Å². The van der Waals surface area contributed by atoms with Gasteiger partial charge >= 0.3 is 13.8 Å². The molecule has 1 amide bonds. The van der Waals surface area contributed by atoms with Crippen molar-refractivity contribution in [3.05, 3.63) is 0 Å². The molecule has 0 spiro atoms. The maximum atomic E-state index is 12.2. The summed E-state index contributed by atoms with van der Waals surface area (Å²) >= 11 is 0. The number of carbonyl (C=O) groups is 2. The molecule has 0 aromatic rings. The maximum Gasteiger partial charge on any atom is 0.472 e. The number of amides is 1. The summed E-state index contributed by atoms with van der Waals surface area (Å²) in [4.78, 5) is 34.2. The van der Waals surface area contributed by atoms with Crippen LogP contribution in [0.25, 0.3) is 0 Å². The first-order valence-electron chi connectivity index (χ1n) is 29.0. The summed E-state index contributed by atoms with van der Waals surface area (Å²) in [7, 11) is -4.42. The molecule has 2 atom stereocenters. The van der Waals surface area contributed by atoms with Gasteiger partial charge in [0.25, 0.3) is 0 Å². The van der Waals surface area contributed by atoms with Crippen LogP contribution in [0.2, 0.25) is 0 Å². The molecule has 66 heavy (non-hydrogen) atoms. The molecular weight excluding hydrogens is 846 g/mol. The molecule has 2 unspecified atom stereocenters. The van der Waals surface area contributed by atoms with Crippen molar-refractivity contribution in [2.75, 3.05) is 26.4 Å². The van der Waals surface area contributed by atoms with E-state index in [-0.39, 0.29) is 25.7 Å². The Bertz CT molecular complexity index is 1050. The number of rotatable bonds is 56. The molecule has 0 aromatic carbocycles. The molecular formula is C56H112NO8P. The van der Waals surface area contributed by atoms with Gasteiger partial charge in [-0.1, -0.05) is 290 Å². The molecule has 0 saturated carbocycles. The standard InChI is InChI=1S/C56H112NO8P/c1-3-5-7-9-11-13-15-17-19-21-23-25-27-29-31-33-35-37-39-41-43-45-47-49-56(60)63-52-54(58)53-65-66(61,62)64-51-50-57-55(59)48-46-44-42-40-38-36-34-32-30-28-26-24-22-20-18-16-14-12-10-8-6-4-2/h54,58H,3-53H2,1-2H3,(H,57,59)(H,61,62). The minimum atomic E-state index is -4.42. The van der Waals surface area contributed by atoms with Gasteiger partial charge in [-0.25, -0.2) is 4.57 Å². The molecule has 0 bridgehead atoms. The summed E-state index contributed by atoms with van der Waals surface area (Å²) in [6.07, 6.45) is 59.2. The zero-order valence-electron chi connectivity index (χ0n) is 43.9. The molecule has 0 fully saturated rings. The molecule has 0 aliphatic rings. The van der Waals surface area contributed by atoms with E-state index < -0.39 is 26.5 Å². The lowest BCUT2D eigenvalue weighted by Gasteiger charge is -2.15. The Labute approximate surface area is 409 Å². The molecule has 0 aliphatic carbocycles. The van der Waals surface area contributed by atoms with Gasteiger partial charge in [-0.3, -0.25) is 18.6 Å². The number of unbranched alkanes of at least 4 members (excludes halogenated alkanes) is 43. The van der Waals surface area contributed by atoms with Gasteiger partial charge in [0.05, 0.1) is 13.2 Å². The molecule has 394 valence electrons. The van der Waals surface area contributed by atoms with Gasteiger partial charge < -0.3 is 20.1 Å². The zero-order valence-corrected chi connectivity index (χ0v) is 44.8. The molecule has 0 radical (unpaired) electrons. The van der Waals surface area contributed by atoms with E-state index in [1.54, 1.807) is 0 Å². The van der Waals surface area contributed by atoms with E-state index in [1.165, 1.54) is 250 Å². The SMILES string of the molecule is CCCCCCCCCCCCCCCCCCCCCCCCCC(=O)OCC(O)COP(=O)(O)OCCNC(=O)CCCCCCCCCCCCCCCCCCCCCCCC. The fraction of sp³-hybridized carbons (Fsp3) is 0.964. The normalized spacial score (nSPS) is 13.0. The van der Waals surface area contributed by atoms with Gasteiger partial charge in [0.1, 0.15) is 12.7 Å². The third-order valence-corrected chi connectivity index (χ3v) is 14.3. The van der Waals surface area contributed by atoms with Crippen LogP contribution in [-0.4, -0.2) is 54.3 Å². The zero-order chi connectivity index (χ0) is 48.1. The molecule has 9 nitrogen and oxygen atoms in total. The number of ether oxygens (including phenoxy) is 1. The molecule has 0 heterocycles. The van der Waals surface area contributed by atoms with Crippen LogP contribution < -0.4 is 5.32 Å². The predicted molar refractivity (Wildman–Crippen MR) is 280 cm³/mol. The second kappa shape index (κ2) is 53.4. The molecule has 0 aromatic heterocycles. The first-order chi connectivity index (χ1) is 32.3. The highest BCUT2D eigenvalue weighted by atomic mass is 31.2. The van der Waals surface area contributed by atoms with E-state index in [1.807, 2.05) is 0 Å². The van der Waals surface area contributed by atoms with E-state index in [0.717, 1.165) is 38.5 Å². The Morgan fingerprint density at radius 1 is 0.409 bits per heavy atom. The largest absolute Gasteiger partial charge is 0.472 e. The lowest BCUT2D eigenvalue weighted by molar-refractivity contribution is -0.147. The van der Waals surface area contributed by atoms with Crippen LogP contribution in [0.4, 0.5) is 0 Å². The van der Waals surface area contributed by atoms with Crippen molar-refractivity contribution in [2.24, 2.45) is 0 Å². The molecule has 0 rings (SSSR count). The van der Waals surface area contributed by atoms with E-state index >= 15 is 0 Å². The van der Waals surface area contributed by atoms with Crippen LogP contribution in [0.15, 0.2) is 0 Å². The average Bonchev–Trinajstić information content (AvgIpc) is 3.31. The number of aliphatic hydroxyl groups is 1. The fourth-order valence-corrected chi connectivity index (χ4v) is 9.67. The Morgan fingerprint density at radius 3 is 0.985 bits per heavy atom. The third-order valence-electron chi connectivity index (χ3n) is 13.3. The first kappa shape index (κ1) is 65.0. The highest BCUT2D eigenvalue weighted by Crippen LogP contribution is 2.43. The van der Waals surface area contributed by atoms with Gasteiger partial charge in [0.15, 0.2) is 0 Å². The number of phosphoric acid groups is 1. The molecule has 0 saturated heterocycles. The Kier molecular flexibility index (Phi) is 52.6. The molecule has 0 aliphatic heterocycles. The van der Waals surface area contributed by atoms with Crippen LogP contribution in [0.3, 0.4) is 0 Å². The molecule has 10 heteroatoms. The number of esters is 1. The van der Waals surface area contributed by atoms with Crippen LogP contribution in [0.5, 0.6) is 0 Å². The Hall–Kier alpha value is -0.990. The second-order valence-corrected chi connectivity index (χ2v) is 21.4. The van der Waals surface area contributed by atoms with E-state index in [0.29, 0.717) is 12.8 Å². The Morgan fingerprint density at radius 2 is 0.682 bits per heavy atom. The summed E-state index contributed by atoms with van der Waals surface area (Å²) in [6, 6.07) is 0. The number of hydrogen-bond donors (Lipinski definition) is 3. The molecule has 3 N–H and O–H groups in total. The maximum absolute atomic E-state index is 12.2. The summed E-state index contributed by atoms with van der Waals surface area (Å²) in [6.45, 7) is 3.65. The van der Waals surface area contributed by atoms with Crippen molar-refractivity contribution in [1.82, 2.24) is 5.32 Å². The van der Waals surface area contributed by atoms with E-state index in [2.05, 4.69) is 19.2 Å². The lowest BCUT2D eigenvalue weighted by atomic mass is 10.0. The minimum absolute atomic E-state index is 0.0891. The van der Waals surface area contributed by atoms with E-state index in [9.17, 15) is 24.2 Å². The van der Waals surface area contributed by atoms with Crippen LogP contribution in [-0.2, 0) is 27.9 Å². The van der Waals surface area contributed by atoms with Gasteiger partial charge in [-0.05, 0) is 12.8 Å².